The summed E-state index contributed by atoms with van der Waals surface area (Å²) in [6.45, 7) is 5.53. The summed E-state index contributed by atoms with van der Waals surface area (Å²) < 4.78 is 12.7. The third-order valence-electron chi connectivity index (χ3n) is 2.95. The third kappa shape index (κ3) is 1.78. The van der Waals surface area contributed by atoms with Gasteiger partial charge < -0.3 is 9.47 Å². The molecular formula is C10H15IO2. The van der Waals surface area contributed by atoms with Gasteiger partial charge in [-0.1, -0.05) is 13.0 Å². The molecule has 1 saturated carbocycles. The summed E-state index contributed by atoms with van der Waals surface area (Å²) in [6, 6.07) is 0. The van der Waals surface area contributed by atoms with Gasteiger partial charge in [-0.15, -0.1) is 0 Å². The standard InChI is InChI=1S/C10H15IO2/c1-8(11)9-4-2-3-5-10(9)12-6-7-13-10/h9H,1-7H2. The predicted molar refractivity (Wildman–Crippen MR) is 59.8 cm³/mol. The zero-order valence-corrected chi connectivity index (χ0v) is 9.88. The lowest BCUT2D eigenvalue weighted by Crippen LogP contribution is -2.41. The average Bonchev–Trinajstić information content (AvgIpc) is 2.54. The van der Waals surface area contributed by atoms with Crippen molar-refractivity contribution in [2.24, 2.45) is 5.92 Å². The first-order chi connectivity index (χ1) is 6.25. The Labute approximate surface area is 92.8 Å². The van der Waals surface area contributed by atoms with Crippen LogP contribution in [0.5, 0.6) is 0 Å². The van der Waals surface area contributed by atoms with Crippen LogP contribution in [0.25, 0.3) is 0 Å². The molecule has 0 aromatic heterocycles. The Balaban J connectivity index is 2.16. The summed E-state index contributed by atoms with van der Waals surface area (Å²) in [5.41, 5.74) is 0. The van der Waals surface area contributed by atoms with E-state index in [0.29, 0.717) is 5.92 Å². The van der Waals surface area contributed by atoms with Crippen LogP contribution in [0.2, 0.25) is 0 Å². The first-order valence-electron chi connectivity index (χ1n) is 4.87. The summed E-state index contributed by atoms with van der Waals surface area (Å²) in [5, 5.41) is 0. The molecule has 0 radical (unpaired) electrons. The van der Waals surface area contributed by atoms with Crippen molar-refractivity contribution in [2.75, 3.05) is 13.2 Å². The average molecular weight is 294 g/mol. The largest absolute Gasteiger partial charge is 0.347 e. The summed E-state index contributed by atoms with van der Waals surface area (Å²) in [5.74, 6) is 0.112. The number of ether oxygens (including phenoxy) is 2. The highest BCUT2D eigenvalue weighted by atomic mass is 127. The zero-order valence-electron chi connectivity index (χ0n) is 7.72. The van der Waals surface area contributed by atoms with Crippen LogP contribution < -0.4 is 0 Å². The molecule has 0 amide bonds. The highest BCUT2D eigenvalue weighted by Gasteiger charge is 2.46. The van der Waals surface area contributed by atoms with Crippen LogP contribution in [0.1, 0.15) is 25.7 Å². The second-order valence-corrected chi connectivity index (χ2v) is 5.14. The summed E-state index contributed by atoms with van der Waals surface area (Å²) in [7, 11) is 0. The monoisotopic (exact) mass is 294 g/mol. The van der Waals surface area contributed by atoms with E-state index in [2.05, 4.69) is 29.2 Å². The van der Waals surface area contributed by atoms with Crippen LogP contribution >= 0.6 is 22.6 Å². The SMILES string of the molecule is C=C(I)C1CCCCC12OCCO2. The van der Waals surface area contributed by atoms with E-state index < -0.39 is 0 Å². The molecule has 1 heterocycles. The lowest BCUT2D eigenvalue weighted by Gasteiger charge is -2.39. The maximum absolute atomic E-state index is 5.77. The molecular weight excluding hydrogens is 279 g/mol. The van der Waals surface area contributed by atoms with Crippen molar-refractivity contribution in [1.82, 2.24) is 0 Å². The van der Waals surface area contributed by atoms with E-state index in [1.165, 1.54) is 22.8 Å². The fraction of sp³-hybridized carbons (Fsp3) is 0.800. The van der Waals surface area contributed by atoms with Crippen molar-refractivity contribution in [3.63, 3.8) is 0 Å². The van der Waals surface area contributed by atoms with Crippen molar-refractivity contribution in [1.29, 1.82) is 0 Å². The molecule has 1 atom stereocenters. The van der Waals surface area contributed by atoms with Gasteiger partial charge in [0.05, 0.1) is 13.2 Å². The van der Waals surface area contributed by atoms with Crippen LogP contribution in [0.15, 0.2) is 10.2 Å². The first-order valence-corrected chi connectivity index (χ1v) is 5.95. The Morgan fingerprint density at radius 1 is 1.31 bits per heavy atom. The molecule has 1 saturated heterocycles. The van der Waals surface area contributed by atoms with Crippen LogP contribution in [0, 0.1) is 5.92 Å². The second-order valence-electron chi connectivity index (χ2n) is 3.75. The van der Waals surface area contributed by atoms with E-state index in [0.717, 1.165) is 19.6 Å². The van der Waals surface area contributed by atoms with Gasteiger partial charge >= 0.3 is 0 Å². The van der Waals surface area contributed by atoms with E-state index >= 15 is 0 Å². The van der Waals surface area contributed by atoms with Crippen LogP contribution in [0.4, 0.5) is 0 Å². The van der Waals surface area contributed by atoms with Crippen LogP contribution in [-0.2, 0) is 9.47 Å². The van der Waals surface area contributed by atoms with Gasteiger partial charge in [-0.2, -0.15) is 0 Å². The van der Waals surface area contributed by atoms with Gasteiger partial charge in [0.25, 0.3) is 0 Å². The van der Waals surface area contributed by atoms with Crippen molar-refractivity contribution in [2.45, 2.75) is 31.5 Å². The third-order valence-corrected chi connectivity index (χ3v) is 3.70. The van der Waals surface area contributed by atoms with Gasteiger partial charge in [0, 0.05) is 12.3 Å². The van der Waals surface area contributed by atoms with Gasteiger partial charge in [-0.25, -0.2) is 0 Å². The molecule has 0 aromatic rings. The van der Waals surface area contributed by atoms with Gasteiger partial charge in [-0.3, -0.25) is 0 Å². The minimum Gasteiger partial charge on any atom is -0.347 e. The van der Waals surface area contributed by atoms with E-state index in [9.17, 15) is 0 Å². The lowest BCUT2D eigenvalue weighted by molar-refractivity contribution is -0.200. The highest BCUT2D eigenvalue weighted by Crippen LogP contribution is 2.45. The molecule has 2 aliphatic rings. The molecule has 1 aliphatic carbocycles. The zero-order chi connectivity index (χ0) is 9.31. The van der Waals surface area contributed by atoms with Gasteiger partial charge in [0.1, 0.15) is 0 Å². The van der Waals surface area contributed by atoms with Crippen molar-refractivity contribution >= 4 is 22.6 Å². The predicted octanol–water partition coefficient (Wildman–Crippen LogP) is 2.87. The number of hydrogen-bond acceptors (Lipinski definition) is 2. The smallest absolute Gasteiger partial charge is 0.175 e. The van der Waals surface area contributed by atoms with Crippen LogP contribution in [0.3, 0.4) is 0 Å². The molecule has 0 N–H and O–H groups in total. The quantitative estimate of drug-likeness (QED) is 0.692. The van der Waals surface area contributed by atoms with E-state index in [1.807, 2.05) is 0 Å². The molecule has 0 aromatic carbocycles. The minimum absolute atomic E-state index is 0.295. The molecule has 0 bridgehead atoms. The normalized spacial score (nSPS) is 32.2. The van der Waals surface area contributed by atoms with Gasteiger partial charge in [0.15, 0.2) is 5.79 Å². The maximum Gasteiger partial charge on any atom is 0.175 e. The van der Waals surface area contributed by atoms with Crippen molar-refractivity contribution in [3.05, 3.63) is 10.2 Å². The Hall–Kier alpha value is 0.390. The van der Waals surface area contributed by atoms with Gasteiger partial charge in [0.2, 0.25) is 0 Å². The minimum atomic E-state index is -0.295. The molecule has 1 unspecified atom stereocenters. The van der Waals surface area contributed by atoms with Crippen molar-refractivity contribution in [3.8, 4) is 0 Å². The fourth-order valence-electron chi connectivity index (χ4n) is 2.33. The molecule has 3 heteroatoms. The van der Waals surface area contributed by atoms with Crippen molar-refractivity contribution < 1.29 is 9.47 Å². The summed E-state index contributed by atoms with van der Waals surface area (Å²) in [6.07, 6.45) is 4.71. The fourth-order valence-corrected chi connectivity index (χ4v) is 3.11. The molecule has 2 nitrogen and oxygen atoms in total. The summed E-state index contributed by atoms with van der Waals surface area (Å²) in [4.78, 5) is 0. The number of rotatable bonds is 1. The maximum atomic E-state index is 5.77. The highest BCUT2D eigenvalue weighted by molar-refractivity contribution is 14.1. The topological polar surface area (TPSA) is 18.5 Å². The molecule has 2 rings (SSSR count). The molecule has 1 spiro atoms. The first kappa shape index (κ1) is 9.93. The molecule has 2 fully saturated rings. The van der Waals surface area contributed by atoms with E-state index in [1.54, 1.807) is 0 Å². The molecule has 13 heavy (non-hydrogen) atoms. The second kappa shape index (κ2) is 3.87. The van der Waals surface area contributed by atoms with Gasteiger partial charge in [-0.05, 0) is 39.0 Å². The van der Waals surface area contributed by atoms with E-state index in [-0.39, 0.29) is 5.79 Å². The summed E-state index contributed by atoms with van der Waals surface area (Å²) >= 11 is 2.31. The number of halogens is 1. The van der Waals surface area contributed by atoms with Crippen LogP contribution in [-0.4, -0.2) is 19.0 Å². The Bertz CT molecular complexity index is 209. The van der Waals surface area contributed by atoms with E-state index in [4.69, 9.17) is 9.47 Å². The molecule has 1 aliphatic heterocycles. The Morgan fingerprint density at radius 3 is 2.62 bits per heavy atom. The lowest BCUT2D eigenvalue weighted by atomic mass is 9.83. The Morgan fingerprint density at radius 2 is 2.00 bits per heavy atom. The Kier molecular flexibility index (Phi) is 2.95. The number of hydrogen-bond donors (Lipinski definition) is 0. The molecule has 74 valence electrons.